The maximum absolute atomic E-state index is 11.2. The van der Waals surface area contributed by atoms with E-state index in [4.69, 9.17) is 20.9 Å². The summed E-state index contributed by atoms with van der Waals surface area (Å²) in [6.07, 6.45) is 1.79. The van der Waals surface area contributed by atoms with Crippen molar-refractivity contribution in [3.63, 3.8) is 0 Å². The number of nitrogens with one attached hydrogen (secondary N) is 1. The molecule has 0 radical (unpaired) electrons. The molecular weight excluding hydrogens is 316 g/mol. The lowest BCUT2D eigenvalue weighted by Crippen LogP contribution is -2.41. The van der Waals surface area contributed by atoms with E-state index >= 15 is 0 Å². The molecule has 0 atom stereocenters. The summed E-state index contributed by atoms with van der Waals surface area (Å²) in [7, 11) is -0.565. The summed E-state index contributed by atoms with van der Waals surface area (Å²) in [4.78, 5) is 11.2. The van der Waals surface area contributed by atoms with Gasteiger partial charge >= 0.3 is 7.12 Å². The number of halogens is 1. The smallest absolute Gasteiger partial charge is 0.400 e. The molecule has 1 amide bonds. The molecule has 2 rings (SSSR count). The second-order valence-electron chi connectivity index (χ2n) is 6.50. The largest absolute Gasteiger partial charge is 0.492 e. The van der Waals surface area contributed by atoms with Crippen molar-refractivity contribution in [3.05, 3.63) is 28.5 Å². The van der Waals surface area contributed by atoms with Gasteiger partial charge in [0, 0.05) is 13.5 Å². The maximum Gasteiger partial charge on any atom is 0.492 e. The van der Waals surface area contributed by atoms with Crippen LogP contribution in [0.3, 0.4) is 0 Å². The first-order valence-electron chi connectivity index (χ1n) is 7.40. The third-order valence-electron chi connectivity index (χ3n) is 4.08. The molecule has 1 N–H and O–H groups in total. The molecule has 0 aromatic carbocycles. The minimum absolute atomic E-state index is 0.130. The lowest BCUT2D eigenvalue weighted by Gasteiger charge is -2.32. The van der Waals surface area contributed by atoms with Gasteiger partial charge in [-0.05, 0) is 51.4 Å². The Hall–Kier alpha value is -1.44. The molecule has 0 unspecified atom stereocenters. The molecule has 1 saturated heterocycles. The molecule has 1 aromatic heterocycles. The Balaban J connectivity index is 2.28. The molecule has 1 fully saturated rings. The number of amides is 1. The van der Waals surface area contributed by atoms with Crippen LogP contribution in [0.5, 0.6) is 0 Å². The van der Waals surface area contributed by atoms with E-state index in [0.29, 0.717) is 17.4 Å². The molecule has 1 aliphatic rings. The van der Waals surface area contributed by atoms with Gasteiger partial charge in [-0.25, -0.2) is 0 Å². The molecule has 0 saturated carbocycles. The topological polar surface area (TPSA) is 73.3 Å². The van der Waals surface area contributed by atoms with Gasteiger partial charge < -0.3 is 14.6 Å². The molecule has 0 spiro atoms. The molecule has 8 heteroatoms. The van der Waals surface area contributed by atoms with Crippen molar-refractivity contribution in [2.75, 3.05) is 6.54 Å². The maximum atomic E-state index is 11.2. The van der Waals surface area contributed by atoms with Crippen LogP contribution in [-0.4, -0.2) is 41.0 Å². The van der Waals surface area contributed by atoms with Crippen molar-refractivity contribution < 1.29 is 14.1 Å². The van der Waals surface area contributed by atoms with E-state index in [1.54, 1.807) is 18.2 Å². The number of aromatic nitrogens is 2. The molecule has 1 aliphatic heterocycles. The van der Waals surface area contributed by atoms with Crippen LogP contribution in [0.15, 0.2) is 17.6 Å². The van der Waals surface area contributed by atoms with E-state index < -0.39 is 18.3 Å². The van der Waals surface area contributed by atoms with E-state index in [2.05, 4.69) is 15.5 Å². The summed E-state index contributed by atoms with van der Waals surface area (Å²) in [6, 6.07) is 3.40. The first-order chi connectivity index (χ1) is 10.6. The zero-order valence-corrected chi connectivity index (χ0v) is 14.8. The Morgan fingerprint density at radius 3 is 2.35 bits per heavy atom. The van der Waals surface area contributed by atoms with Crippen molar-refractivity contribution in [1.29, 1.82) is 0 Å². The van der Waals surface area contributed by atoms with E-state index in [9.17, 15) is 4.79 Å². The van der Waals surface area contributed by atoms with Crippen molar-refractivity contribution >= 4 is 30.7 Å². The zero-order valence-electron chi connectivity index (χ0n) is 14.0. The standard InChI is InChI=1S/C15H21BClN3O3/c1-10(21)18-9-11(8-12-6-7-13(17)20-19-12)16-22-14(2,3)15(4,5)23-16/h6-8H,9H2,1-5H3,(H,18,21). The van der Waals surface area contributed by atoms with Crippen LogP contribution < -0.4 is 5.32 Å². The normalized spacial score (nSPS) is 19.7. The minimum atomic E-state index is -0.565. The third kappa shape index (κ3) is 4.31. The van der Waals surface area contributed by atoms with Gasteiger partial charge in [-0.3, -0.25) is 4.79 Å². The lowest BCUT2D eigenvalue weighted by molar-refractivity contribution is -0.118. The van der Waals surface area contributed by atoms with Crippen molar-refractivity contribution in [3.8, 4) is 0 Å². The summed E-state index contributed by atoms with van der Waals surface area (Å²) < 4.78 is 12.1. The Morgan fingerprint density at radius 2 is 1.87 bits per heavy atom. The highest BCUT2D eigenvalue weighted by Gasteiger charge is 2.52. The molecule has 1 aromatic rings. The van der Waals surface area contributed by atoms with E-state index in [1.165, 1.54) is 6.92 Å². The lowest BCUT2D eigenvalue weighted by atomic mass is 9.77. The molecule has 0 bridgehead atoms. The molecule has 23 heavy (non-hydrogen) atoms. The number of hydrogen-bond acceptors (Lipinski definition) is 5. The predicted octanol–water partition coefficient (Wildman–Crippen LogP) is 2.28. The first kappa shape index (κ1) is 17.9. The Morgan fingerprint density at radius 1 is 1.26 bits per heavy atom. The summed E-state index contributed by atoms with van der Waals surface area (Å²) in [5, 5.41) is 10.9. The van der Waals surface area contributed by atoms with Crippen LogP contribution in [0.2, 0.25) is 5.15 Å². The first-order valence-corrected chi connectivity index (χ1v) is 7.78. The van der Waals surface area contributed by atoms with Gasteiger partial charge in [-0.15, -0.1) is 10.2 Å². The Bertz CT molecular complexity index is 601. The van der Waals surface area contributed by atoms with Crippen LogP contribution >= 0.6 is 11.6 Å². The number of carbonyl (C=O) groups excluding carboxylic acids is 1. The van der Waals surface area contributed by atoms with Gasteiger partial charge in [0.15, 0.2) is 5.15 Å². The number of rotatable bonds is 4. The number of hydrogen-bond donors (Lipinski definition) is 1. The minimum Gasteiger partial charge on any atom is -0.400 e. The fourth-order valence-electron chi connectivity index (χ4n) is 2.02. The van der Waals surface area contributed by atoms with Gasteiger partial charge in [0.1, 0.15) is 0 Å². The van der Waals surface area contributed by atoms with Gasteiger partial charge in [0.25, 0.3) is 0 Å². The van der Waals surface area contributed by atoms with Crippen molar-refractivity contribution in [2.45, 2.75) is 45.8 Å². The quantitative estimate of drug-likeness (QED) is 0.853. The highest BCUT2D eigenvalue weighted by molar-refractivity contribution is 6.56. The molecular formula is C15H21BClN3O3. The fraction of sp³-hybridized carbons (Fsp3) is 0.533. The molecule has 0 aliphatic carbocycles. The average Bonchev–Trinajstić information content (AvgIpc) is 2.65. The van der Waals surface area contributed by atoms with Crippen LogP contribution in [0, 0.1) is 0 Å². The zero-order chi connectivity index (χ0) is 17.3. The van der Waals surface area contributed by atoms with E-state index in [1.807, 2.05) is 27.7 Å². The Kier molecular flexibility index (Phi) is 5.13. The number of carbonyl (C=O) groups is 1. The highest BCUT2D eigenvalue weighted by atomic mass is 35.5. The predicted molar refractivity (Wildman–Crippen MR) is 89.8 cm³/mol. The molecule has 124 valence electrons. The summed E-state index contributed by atoms with van der Waals surface area (Å²) in [6.45, 7) is 9.67. The number of nitrogens with zero attached hydrogens (tertiary/aromatic N) is 2. The van der Waals surface area contributed by atoms with Gasteiger partial charge in [0.05, 0.1) is 16.9 Å². The highest BCUT2D eigenvalue weighted by Crippen LogP contribution is 2.38. The van der Waals surface area contributed by atoms with Gasteiger partial charge in [-0.2, -0.15) is 0 Å². The fourth-order valence-corrected chi connectivity index (χ4v) is 2.12. The summed E-state index contributed by atoms with van der Waals surface area (Å²) in [5.74, 6) is -0.130. The second-order valence-corrected chi connectivity index (χ2v) is 6.89. The van der Waals surface area contributed by atoms with Crippen LogP contribution in [-0.2, 0) is 14.1 Å². The monoisotopic (exact) mass is 337 g/mol. The molecule has 2 heterocycles. The average molecular weight is 338 g/mol. The van der Waals surface area contributed by atoms with Crippen LogP contribution in [0.4, 0.5) is 0 Å². The Labute approximate surface area is 141 Å². The SMILES string of the molecule is CC(=O)NCC(=Cc1ccc(Cl)nn1)B1OC(C)(C)C(C)(C)O1. The van der Waals surface area contributed by atoms with Crippen molar-refractivity contribution in [2.24, 2.45) is 0 Å². The van der Waals surface area contributed by atoms with Crippen LogP contribution in [0.25, 0.3) is 6.08 Å². The van der Waals surface area contributed by atoms with Gasteiger partial charge in [-0.1, -0.05) is 11.6 Å². The summed E-state index contributed by atoms with van der Waals surface area (Å²) >= 11 is 5.75. The van der Waals surface area contributed by atoms with Gasteiger partial charge in [0.2, 0.25) is 5.91 Å². The third-order valence-corrected chi connectivity index (χ3v) is 4.28. The van der Waals surface area contributed by atoms with E-state index in [-0.39, 0.29) is 5.91 Å². The van der Waals surface area contributed by atoms with E-state index in [0.717, 1.165) is 5.47 Å². The second kappa shape index (κ2) is 6.59. The van der Waals surface area contributed by atoms with Crippen molar-refractivity contribution in [1.82, 2.24) is 15.5 Å². The molecule has 6 nitrogen and oxygen atoms in total. The summed E-state index contributed by atoms with van der Waals surface area (Å²) in [5.41, 5.74) is 0.456. The van der Waals surface area contributed by atoms with Crippen LogP contribution in [0.1, 0.15) is 40.3 Å².